The van der Waals surface area contributed by atoms with Crippen LogP contribution in [0.15, 0.2) is 35.7 Å². The Kier molecular flexibility index (Phi) is 5.47. The molecule has 1 amide bonds. The van der Waals surface area contributed by atoms with Crippen LogP contribution < -0.4 is 14.8 Å². The van der Waals surface area contributed by atoms with Crippen LogP contribution in [0, 0.1) is 0 Å². The molecule has 0 bridgehead atoms. The van der Waals surface area contributed by atoms with Gasteiger partial charge in [-0.15, -0.1) is 22.9 Å². The summed E-state index contributed by atoms with van der Waals surface area (Å²) >= 11 is 7.81. The van der Waals surface area contributed by atoms with Crippen molar-refractivity contribution in [2.45, 2.75) is 11.9 Å². The molecule has 0 fully saturated rings. The first-order valence-corrected chi connectivity index (χ1v) is 7.63. The van der Waals surface area contributed by atoms with Gasteiger partial charge in [-0.3, -0.25) is 4.79 Å². The predicted molar refractivity (Wildman–Crippen MR) is 84.3 cm³/mol. The number of thiophene rings is 1. The minimum Gasteiger partial charge on any atom is -0.493 e. The van der Waals surface area contributed by atoms with E-state index in [0.29, 0.717) is 23.6 Å². The number of ether oxygens (including phenoxy) is 2. The lowest BCUT2D eigenvalue weighted by molar-refractivity contribution is -0.121. The predicted octanol–water partition coefficient (Wildman–Crippen LogP) is 3.36. The summed E-state index contributed by atoms with van der Waals surface area (Å²) in [6.45, 7) is 0.479. The van der Waals surface area contributed by atoms with Crippen molar-refractivity contribution in [2.24, 2.45) is 0 Å². The second-order valence-electron chi connectivity index (χ2n) is 4.27. The summed E-state index contributed by atoms with van der Waals surface area (Å²) in [5.41, 5.74) is 0.665. The number of hydrogen-bond donors (Lipinski definition) is 1. The summed E-state index contributed by atoms with van der Waals surface area (Å²) in [5, 5.41) is 4.01. The Morgan fingerprint density at radius 2 is 2.05 bits per heavy atom. The summed E-state index contributed by atoms with van der Waals surface area (Å²) in [4.78, 5) is 13.2. The van der Waals surface area contributed by atoms with Crippen molar-refractivity contribution in [1.82, 2.24) is 5.32 Å². The smallest absolute Gasteiger partial charge is 0.242 e. The maximum atomic E-state index is 12.1. The summed E-state index contributed by atoms with van der Waals surface area (Å²) in [7, 11) is 3.10. The number of rotatable bonds is 6. The normalized spacial score (nSPS) is 11.8. The number of hydrogen-bond acceptors (Lipinski definition) is 4. The van der Waals surface area contributed by atoms with Crippen LogP contribution in [0.3, 0.4) is 0 Å². The van der Waals surface area contributed by atoms with Crippen LogP contribution in [0.2, 0.25) is 0 Å². The number of nitrogens with one attached hydrogen (secondary N) is 1. The summed E-state index contributed by atoms with van der Waals surface area (Å²) in [6.07, 6.45) is 0. The molecule has 0 spiro atoms. The van der Waals surface area contributed by atoms with E-state index in [1.165, 1.54) is 0 Å². The Hall–Kier alpha value is -1.72. The number of methoxy groups -OCH3 is 2. The van der Waals surface area contributed by atoms with E-state index in [9.17, 15) is 4.79 Å². The number of amides is 1. The lowest BCUT2D eigenvalue weighted by atomic mass is 10.1. The quantitative estimate of drug-likeness (QED) is 0.828. The van der Waals surface area contributed by atoms with Gasteiger partial charge in [0.15, 0.2) is 11.5 Å². The van der Waals surface area contributed by atoms with E-state index in [-0.39, 0.29) is 5.91 Å². The van der Waals surface area contributed by atoms with Crippen LogP contribution in [0.25, 0.3) is 0 Å². The summed E-state index contributed by atoms with van der Waals surface area (Å²) in [5.74, 6) is 0.910. The van der Waals surface area contributed by atoms with Crippen molar-refractivity contribution in [3.05, 3.63) is 46.2 Å². The molecule has 1 N–H and O–H groups in total. The van der Waals surface area contributed by atoms with Gasteiger partial charge in [0.1, 0.15) is 5.38 Å². The minimum absolute atomic E-state index is 0.239. The number of benzene rings is 1. The van der Waals surface area contributed by atoms with Gasteiger partial charge in [0.25, 0.3) is 0 Å². The topological polar surface area (TPSA) is 47.6 Å². The zero-order valence-electron chi connectivity index (χ0n) is 11.8. The maximum absolute atomic E-state index is 12.1. The number of halogens is 1. The highest BCUT2D eigenvalue weighted by atomic mass is 35.5. The maximum Gasteiger partial charge on any atom is 0.242 e. The first-order chi connectivity index (χ1) is 10.2. The lowest BCUT2D eigenvalue weighted by Gasteiger charge is -2.13. The van der Waals surface area contributed by atoms with Crippen molar-refractivity contribution in [3.63, 3.8) is 0 Å². The molecular formula is C15H16ClNO3S. The molecule has 0 radical (unpaired) electrons. The van der Waals surface area contributed by atoms with Crippen molar-refractivity contribution in [3.8, 4) is 11.5 Å². The average molecular weight is 326 g/mol. The Labute approximate surface area is 132 Å². The fourth-order valence-corrected chi connectivity index (χ4v) is 2.70. The first-order valence-electron chi connectivity index (χ1n) is 6.31. The molecule has 4 nitrogen and oxygen atoms in total. The molecular weight excluding hydrogens is 310 g/mol. The van der Waals surface area contributed by atoms with Crippen molar-refractivity contribution in [2.75, 3.05) is 14.2 Å². The molecule has 2 rings (SSSR count). The molecule has 1 aromatic carbocycles. The van der Waals surface area contributed by atoms with Gasteiger partial charge in [-0.1, -0.05) is 12.1 Å². The van der Waals surface area contributed by atoms with Crippen LogP contribution >= 0.6 is 22.9 Å². The van der Waals surface area contributed by atoms with E-state index in [1.54, 1.807) is 43.8 Å². The third-order valence-electron chi connectivity index (χ3n) is 2.95. The molecule has 1 aromatic heterocycles. The second-order valence-corrected chi connectivity index (χ2v) is 5.74. The molecule has 1 atom stereocenters. The average Bonchev–Trinajstić information content (AvgIpc) is 3.04. The van der Waals surface area contributed by atoms with Crippen molar-refractivity contribution >= 4 is 28.8 Å². The van der Waals surface area contributed by atoms with E-state index in [1.807, 2.05) is 17.5 Å². The van der Waals surface area contributed by atoms with Gasteiger partial charge in [-0.05, 0) is 29.1 Å². The number of carbonyl (C=O) groups is 1. The van der Waals surface area contributed by atoms with Crippen LogP contribution in [-0.4, -0.2) is 20.1 Å². The fourth-order valence-electron chi connectivity index (χ4n) is 1.84. The van der Waals surface area contributed by atoms with E-state index < -0.39 is 5.38 Å². The molecule has 6 heteroatoms. The van der Waals surface area contributed by atoms with Gasteiger partial charge in [0, 0.05) is 4.88 Å². The highest BCUT2D eigenvalue weighted by Gasteiger charge is 2.19. The molecule has 0 aliphatic rings. The van der Waals surface area contributed by atoms with E-state index in [2.05, 4.69) is 5.32 Å². The third-order valence-corrected chi connectivity index (χ3v) is 4.27. The zero-order chi connectivity index (χ0) is 15.2. The van der Waals surface area contributed by atoms with E-state index in [4.69, 9.17) is 21.1 Å². The first kappa shape index (κ1) is 15.7. The molecule has 1 unspecified atom stereocenters. The Morgan fingerprint density at radius 1 is 1.29 bits per heavy atom. The molecule has 0 saturated carbocycles. The van der Waals surface area contributed by atoms with Crippen molar-refractivity contribution < 1.29 is 14.3 Å². The van der Waals surface area contributed by atoms with E-state index >= 15 is 0 Å². The molecule has 0 aliphatic carbocycles. The SMILES string of the molecule is COc1ccc(C(Cl)C(=O)NCc2cccs2)cc1OC. The lowest BCUT2D eigenvalue weighted by Crippen LogP contribution is -2.26. The van der Waals surface area contributed by atoms with Crippen molar-refractivity contribution in [1.29, 1.82) is 0 Å². The highest BCUT2D eigenvalue weighted by Crippen LogP contribution is 2.32. The molecule has 112 valence electrons. The minimum atomic E-state index is -0.773. The standard InChI is InChI=1S/C15H16ClNO3S/c1-19-12-6-5-10(8-13(12)20-2)14(16)15(18)17-9-11-4-3-7-21-11/h3-8,14H,9H2,1-2H3,(H,17,18). The second kappa shape index (κ2) is 7.33. The van der Waals surface area contributed by atoms with E-state index in [0.717, 1.165) is 4.88 Å². The van der Waals surface area contributed by atoms with Crippen LogP contribution in [0.4, 0.5) is 0 Å². The van der Waals surface area contributed by atoms with Gasteiger partial charge in [0.05, 0.1) is 20.8 Å². The summed E-state index contributed by atoms with van der Waals surface area (Å²) in [6, 6.07) is 9.10. The Morgan fingerprint density at radius 3 is 2.67 bits per heavy atom. The Balaban J connectivity index is 2.04. The highest BCUT2D eigenvalue weighted by molar-refractivity contribution is 7.09. The Bertz CT molecular complexity index is 601. The van der Waals surface area contributed by atoms with Gasteiger partial charge in [-0.25, -0.2) is 0 Å². The summed E-state index contributed by atoms with van der Waals surface area (Å²) < 4.78 is 10.4. The van der Waals surface area contributed by atoms with Gasteiger partial charge in [0.2, 0.25) is 5.91 Å². The van der Waals surface area contributed by atoms with Crippen LogP contribution in [0.5, 0.6) is 11.5 Å². The number of carbonyl (C=O) groups excluding carboxylic acids is 1. The molecule has 0 saturated heterocycles. The monoisotopic (exact) mass is 325 g/mol. The largest absolute Gasteiger partial charge is 0.493 e. The van der Waals surface area contributed by atoms with Gasteiger partial charge >= 0.3 is 0 Å². The molecule has 0 aliphatic heterocycles. The van der Waals surface area contributed by atoms with Gasteiger partial charge in [-0.2, -0.15) is 0 Å². The molecule has 2 aromatic rings. The zero-order valence-corrected chi connectivity index (χ0v) is 13.3. The van der Waals surface area contributed by atoms with Crippen LogP contribution in [0.1, 0.15) is 15.8 Å². The molecule has 21 heavy (non-hydrogen) atoms. The molecule has 1 heterocycles. The number of alkyl halides is 1. The fraction of sp³-hybridized carbons (Fsp3) is 0.267. The van der Waals surface area contributed by atoms with Crippen LogP contribution in [-0.2, 0) is 11.3 Å². The van der Waals surface area contributed by atoms with Gasteiger partial charge < -0.3 is 14.8 Å². The third kappa shape index (κ3) is 3.89.